The Morgan fingerprint density at radius 3 is 2.40 bits per heavy atom. The molecule has 0 saturated heterocycles. The first kappa shape index (κ1) is 21.8. The maximum atomic E-state index is 13.4. The van der Waals surface area contributed by atoms with Crippen LogP contribution in [0.4, 0.5) is 29.1 Å². The Hall–Kier alpha value is -2.91. The molecule has 0 bridgehead atoms. The molecule has 0 saturated carbocycles. The lowest BCUT2D eigenvalue weighted by atomic mass is 10.2. The van der Waals surface area contributed by atoms with Crippen LogP contribution in [0.15, 0.2) is 54.9 Å². The zero-order valence-electron chi connectivity index (χ0n) is 14.9. The third-order valence-electron chi connectivity index (χ3n) is 3.89. The van der Waals surface area contributed by atoms with Gasteiger partial charge in [0.1, 0.15) is 5.82 Å². The number of nitrogens with one attached hydrogen (secondary N) is 1. The third-order valence-corrected chi connectivity index (χ3v) is 4.62. The first-order chi connectivity index (χ1) is 14.1. The average molecular weight is 459 g/mol. The Labute approximate surface area is 178 Å². The van der Waals surface area contributed by atoms with Crippen molar-refractivity contribution in [2.24, 2.45) is 0 Å². The lowest BCUT2D eigenvalue weighted by molar-refractivity contribution is -0.228. The highest BCUT2D eigenvalue weighted by atomic mass is 35.5. The van der Waals surface area contributed by atoms with E-state index < -0.39 is 24.7 Å². The van der Waals surface area contributed by atoms with Gasteiger partial charge in [-0.15, -0.1) is 13.2 Å². The number of hydrogen-bond acceptors (Lipinski definition) is 4. The molecule has 0 unspecified atom stereocenters. The molecular weight excluding hydrogens is 447 g/mol. The van der Waals surface area contributed by atoms with Crippen molar-refractivity contribution in [3.63, 3.8) is 0 Å². The maximum absolute atomic E-state index is 13.4. The fourth-order valence-electron chi connectivity index (χ4n) is 2.47. The quantitative estimate of drug-likeness (QED) is 0.297. The SMILES string of the molecule is O=C(c1ccc(Nc2ccc(Cl)c(Cl)c2)nc1)N(Cc1ccnc(F)c1)C(F)(F)F. The monoisotopic (exact) mass is 458 g/mol. The van der Waals surface area contributed by atoms with E-state index in [2.05, 4.69) is 15.3 Å². The molecule has 0 fully saturated rings. The van der Waals surface area contributed by atoms with Crippen molar-refractivity contribution < 1.29 is 22.4 Å². The molecule has 156 valence electrons. The summed E-state index contributed by atoms with van der Waals surface area (Å²) in [6, 6.07) is 9.30. The summed E-state index contributed by atoms with van der Waals surface area (Å²) < 4.78 is 53.4. The molecule has 3 rings (SSSR count). The second-order valence-corrected chi connectivity index (χ2v) is 6.85. The second kappa shape index (κ2) is 8.85. The number of anilines is 2. The van der Waals surface area contributed by atoms with Crippen molar-refractivity contribution in [1.29, 1.82) is 0 Å². The number of pyridine rings is 2. The van der Waals surface area contributed by atoms with Crippen LogP contribution in [0.1, 0.15) is 15.9 Å². The first-order valence-electron chi connectivity index (χ1n) is 8.31. The number of rotatable bonds is 5. The van der Waals surface area contributed by atoms with Crippen LogP contribution >= 0.6 is 23.2 Å². The van der Waals surface area contributed by atoms with Crippen LogP contribution in [-0.2, 0) is 6.54 Å². The van der Waals surface area contributed by atoms with E-state index in [1.807, 2.05) is 0 Å². The number of amides is 1. The largest absolute Gasteiger partial charge is 0.487 e. The first-order valence-corrected chi connectivity index (χ1v) is 9.06. The predicted octanol–water partition coefficient (Wildman–Crippen LogP) is 5.83. The summed E-state index contributed by atoms with van der Waals surface area (Å²) in [5, 5.41) is 3.56. The van der Waals surface area contributed by atoms with Crippen LogP contribution in [0.3, 0.4) is 0 Å². The molecule has 11 heteroatoms. The van der Waals surface area contributed by atoms with E-state index in [-0.39, 0.29) is 21.8 Å². The molecule has 5 nitrogen and oxygen atoms in total. The summed E-state index contributed by atoms with van der Waals surface area (Å²) in [4.78, 5) is 19.4. The second-order valence-electron chi connectivity index (χ2n) is 6.03. The van der Waals surface area contributed by atoms with Gasteiger partial charge in [-0.1, -0.05) is 23.2 Å². The van der Waals surface area contributed by atoms with Gasteiger partial charge in [-0.05, 0) is 48.0 Å². The van der Waals surface area contributed by atoms with Crippen molar-refractivity contribution in [3.05, 3.63) is 82.0 Å². The summed E-state index contributed by atoms with van der Waals surface area (Å²) in [5.41, 5.74) is 0.202. The Balaban J connectivity index is 1.78. The summed E-state index contributed by atoms with van der Waals surface area (Å²) in [6.07, 6.45) is -2.95. The van der Waals surface area contributed by atoms with Gasteiger partial charge in [0.15, 0.2) is 0 Å². The minimum Gasteiger partial charge on any atom is -0.340 e. The van der Waals surface area contributed by atoms with Gasteiger partial charge in [0.25, 0.3) is 5.91 Å². The molecule has 2 heterocycles. The molecular formula is C19H12Cl2F4N4O. The van der Waals surface area contributed by atoms with Gasteiger partial charge in [0.2, 0.25) is 5.95 Å². The summed E-state index contributed by atoms with van der Waals surface area (Å²) in [5.74, 6) is -1.99. The molecule has 1 amide bonds. The molecule has 0 aliphatic rings. The number of hydrogen-bond donors (Lipinski definition) is 1. The van der Waals surface area contributed by atoms with Crippen molar-refractivity contribution >= 4 is 40.6 Å². The molecule has 30 heavy (non-hydrogen) atoms. The molecule has 1 N–H and O–H groups in total. The van der Waals surface area contributed by atoms with Crippen LogP contribution in [0.5, 0.6) is 0 Å². The summed E-state index contributed by atoms with van der Waals surface area (Å²) in [6.45, 7) is -0.870. The van der Waals surface area contributed by atoms with Crippen LogP contribution in [-0.4, -0.2) is 27.1 Å². The van der Waals surface area contributed by atoms with Gasteiger partial charge < -0.3 is 5.32 Å². The highest BCUT2D eigenvalue weighted by Gasteiger charge is 2.41. The molecule has 0 radical (unpaired) electrons. The number of halogens is 6. The van der Waals surface area contributed by atoms with Crippen LogP contribution in [0, 0.1) is 5.95 Å². The molecule has 0 spiro atoms. The van der Waals surface area contributed by atoms with E-state index in [1.165, 1.54) is 18.2 Å². The number of benzene rings is 1. The lowest BCUT2D eigenvalue weighted by Crippen LogP contribution is -2.42. The van der Waals surface area contributed by atoms with E-state index in [9.17, 15) is 22.4 Å². The topological polar surface area (TPSA) is 58.1 Å². The van der Waals surface area contributed by atoms with Crippen molar-refractivity contribution in [2.75, 3.05) is 5.32 Å². The van der Waals surface area contributed by atoms with Crippen molar-refractivity contribution in [3.8, 4) is 0 Å². The van der Waals surface area contributed by atoms with Gasteiger partial charge in [-0.25, -0.2) is 14.9 Å². The smallest absolute Gasteiger partial charge is 0.340 e. The van der Waals surface area contributed by atoms with Crippen LogP contribution < -0.4 is 5.32 Å². The average Bonchev–Trinajstić information content (AvgIpc) is 2.68. The fraction of sp³-hybridized carbons (Fsp3) is 0.105. The fourth-order valence-corrected chi connectivity index (χ4v) is 2.77. The molecule has 0 aliphatic heterocycles. The van der Waals surface area contributed by atoms with Gasteiger partial charge in [0.05, 0.1) is 22.2 Å². The Morgan fingerprint density at radius 2 is 1.80 bits per heavy atom. The van der Waals surface area contributed by atoms with Gasteiger partial charge in [-0.3, -0.25) is 4.79 Å². The Kier molecular flexibility index (Phi) is 6.42. The van der Waals surface area contributed by atoms with E-state index in [1.54, 1.807) is 18.2 Å². The Morgan fingerprint density at radius 1 is 1.03 bits per heavy atom. The van der Waals surface area contributed by atoms with E-state index >= 15 is 0 Å². The lowest BCUT2D eigenvalue weighted by Gasteiger charge is -2.25. The van der Waals surface area contributed by atoms with Crippen molar-refractivity contribution in [2.45, 2.75) is 12.8 Å². The standard InChI is InChI=1S/C19H12Cl2F4N4O/c20-14-3-2-13(8-15(14)21)28-17-4-1-12(9-27-17)18(30)29(19(23,24)25)10-11-5-6-26-16(22)7-11/h1-9H,10H2,(H,27,28). The minimum absolute atomic E-state index is 0.0564. The number of alkyl halides is 3. The molecule has 3 aromatic rings. The number of carbonyl (C=O) groups is 1. The number of aromatic nitrogens is 2. The van der Waals surface area contributed by atoms with Gasteiger partial charge >= 0.3 is 6.30 Å². The normalized spacial score (nSPS) is 11.3. The summed E-state index contributed by atoms with van der Waals surface area (Å²) in [7, 11) is 0. The van der Waals surface area contributed by atoms with E-state index in [4.69, 9.17) is 23.2 Å². The molecule has 1 aromatic carbocycles. The van der Waals surface area contributed by atoms with E-state index in [0.717, 1.165) is 18.5 Å². The van der Waals surface area contributed by atoms with Crippen LogP contribution in [0.25, 0.3) is 0 Å². The zero-order valence-corrected chi connectivity index (χ0v) is 16.4. The molecule has 0 aliphatic carbocycles. The zero-order chi connectivity index (χ0) is 21.9. The molecule has 2 aromatic heterocycles. The Bertz CT molecular complexity index is 1060. The van der Waals surface area contributed by atoms with Crippen molar-refractivity contribution in [1.82, 2.24) is 14.9 Å². The minimum atomic E-state index is -4.98. The maximum Gasteiger partial charge on any atom is 0.487 e. The summed E-state index contributed by atoms with van der Waals surface area (Å²) >= 11 is 11.8. The van der Waals surface area contributed by atoms with Gasteiger partial charge in [0, 0.05) is 18.1 Å². The predicted molar refractivity (Wildman–Crippen MR) is 104 cm³/mol. The molecule has 0 atom stereocenters. The van der Waals surface area contributed by atoms with Gasteiger partial charge in [-0.2, -0.15) is 4.39 Å². The number of nitrogens with zero attached hydrogens (tertiary/aromatic N) is 3. The van der Waals surface area contributed by atoms with E-state index in [0.29, 0.717) is 15.7 Å². The number of carbonyl (C=O) groups excluding carboxylic acids is 1. The highest BCUT2D eigenvalue weighted by molar-refractivity contribution is 6.42. The highest BCUT2D eigenvalue weighted by Crippen LogP contribution is 2.28. The third kappa shape index (κ3) is 5.37. The van der Waals surface area contributed by atoms with Crippen LogP contribution in [0.2, 0.25) is 10.0 Å².